The highest BCUT2D eigenvalue weighted by atomic mass is 15.3. The van der Waals surface area contributed by atoms with Crippen LogP contribution in [0.2, 0.25) is 0 Å². The van der Waals surface area contributed by atoms with Crippen molar-refractivity contribution < 1.29 is 0 Å². The van der Waals surface area contributed by atoms with E-state index in [4.69, 9.17) is 0 Å². The van der Waals surface area contributed by atoms with Crippen LogP contribution in [0, 0.1) is 6.92 Å². The van der Waals surface area contributed by atoms with Gasteiger partial charge in [-0.15, -0.1) is 0 Å². The van der Waals surface area contributed by atoms with E-state index >= 15 is 0 Å². The van der Waals surface area contributed by atoms with Crippen LogP contribution < -0.4 is 5.32 Å². The Morgan fingerprint density at radius 1 is 1.26 bits per heavy atom. The minimum atomic E-state index is 0.777. The van der Waals surface area contributed by atoms with E-state index in [2.05, 4.69) is 39.2 Å². The molecule has 3 heterocycles. The van der Waals surface area contributed by atoms with Crippen LogP contribution in [0.3, 0.4) is 0 Å². The highest BCUT2D eigenvalue weighted by molar-refractivity contribution is 5.12. The molecule has 1 aromatic rings. The molecule has 1 unspecified atom stereocenters. The van der Waals surface area contributed by atoms with Crippen LogP contribution in [0.1, 0.15) is 17.7 Å². The predicted octanol–water partition coefficient (Wildman–Crippen LogP) is 0.870. The molecule has 1 atom stereocenters. The summed E-state index contributed by atoms with van der Waals surface area (Å²) >= 11 is 0. The van der Waals surface area contributed by atoms with Gasteiger partial charge in [-0.2, -0.15) is 0 Å². The van der Waals surface area contributed by atoms with Crippen molar-refractivity contribution in [3.05, 3.63) is 29.6 Å². The standard InChI is InChI=1S/C15H24N4/c1-13-2-3-14(17-10-13)12-18-6-8-19(9-7-18)15-4-5-16-11-15/h2-3,10,15-16H,4-9,11-12H2,1H3. The zero-order valence-electron chi connectivity index (χ0n) is 11.8. The average Bonchev–Trinajstić information content (AvgIpc) is 2.96. The fourth-order valence-corrected chi connectivity index (χ4v) is 3.06. The molecule has 0 amide bonds. The number of hydrogen-bond acceptors (Lipinski definition) is 4. The van der Waals surface area contributed by atoms with Crippen molar-refractivity contribution in [3.63, 3.8) is 0 Å². The van der Waals surface area contributed by atoms with Crippen molar-refractivity contribution in [1.29, 1.82) is 0 Å². The molecule has 19 heavy (non-hydrogen) atoms. The Balaban J connectivity index is 1.48. The molecule has 2 saturated heterocycles. The molecule has 2 fully saturated rings. The summed E-state index contributed by atoms with van der Waals surface area (Å²) in [6.45, 7) is 10.2. The molecule has 0 aromatic carbocycles. The summed E-state index contributed by atoms with van der Waals surface area (Å²) in [6.07, 6.45) is 3.29. The minimum Gasteiger partial charge on any atom is -0.315 e. The highest BCUT2D eigenvalue weighted by Gasteiger charge is 2.25. The van der Waals surface area contributed by atoms with Gasteiger partial charge in [0.25, 0.3) is 0 Å². The first-order valence-electron chi connectivity index (χ1n) is 7.40. The Bertz CT molecular complexity index is 389. The molecule has 2 aliphatic heterocycles. The molecular weight excluding hydrogens is 236 g/mol. The molecule has 0 aliphatic carbocycles. The van der Waals surface area contributed by atoms with Gasteiger partial charge in [0, 0.05) is 51.5 Å². The van der Waals surface area contributed by atoms with Gasteiger partial charge in [0.1, 0.15) is 0 Å². The van der Waals surface area contributed by atoms with Crippen LogP contribution in [-0.2, 0) is 6.54 Å². The first kappa shape index (κ1) is 13.0. The molecule has 1 aromatic heterocycles. The third-order valence-electron chi connectivity index (χ3n) is 4.32. The molecule has 4 nitrogen and oxygen atoms in total. The summed E-state index contributed by atoms with van der Waals surface area (Å²) < 4.78 is 0. The first-order valence-corrected chi connectivity index (χ1v) is 7.40. The smallest absolute Gasteiger partial charge is 0.0544 e. The van der Waals surface area contributed by atoms with Crippen molar-refractivity contribution in [3.8, 4) is 0 Å². The monoisotopic (exact) mass is 260 g/mol. The summed E-state index contributed by atoms with van der Waals surface area (Å²) in [4.78, 5) is 9.68. The average molecular weight is 260 g/mol. The maximum atomic E-state index is 4.50. The zero-order valence-corrected chi connectivity index (χ0v) is 11.8. The van der Waals surface area contributed by atoms with Gasteiger partial charge in [-0.25, -0.2) is 0 Å². The van der Waals surface area contributed by atoms with Crippen LogP contribution in [0.4, 0.5) is 0 Å². The Morgan fingerprint density at radius 2 is 2.11 bits per heavy atom. The van der Waals surface area contributed by atoms with Crippen LogP contribution in [0.15, 0.2) is 18.3 Å². The van der Waals surface area contributed by atoms with Crippen LogP contribution in [0.5, 0.6) is 0 Å². The Morgan fingerprint density at radius 3 is 2.74 bits per heavy atom. The van der Waals surface area contributed by atoms with E-state index in [1.54, 1.807) is 0 Å². The van der Waals surface area contributed by atoms with E-state index in [1.807, 2.05) is 6.20 Å². The predicted molar refractivity (Wildman–Crippen MR) is 77.1 cm³/mol. The fourth-order valence-electron chi connectivity index (χ4n) is 3.06. The summed E-state index contributed by atoms with van der Waals surface area (Å²) in [6, 6.07) is 5.09. The normalized spacial score (nSPS) is 25.8. The topological polar surface area (TPSA) is 31.4 Å². The molecule has 2 aliphatic rings. The van der Waals surface area contributed by atoms with Gasteiger partial charge in [0.2, 0.25) is 0 Å². The highest BCUT2D eigenvalue weighted by Crippen LogP contribution is 2.13. The molecule has 1 N–H and O–H groups in total. The number of nitrogens with zero attached hydrogens (tertiary/aromatic N) is 3. The molecular formula is C15H24N4. The molecule has 3 rings (SSSR count). The Labute approximate surface area is 115 Å². The SMILES string of the molecule is Cc1ccc(CN2CCN(C3CCNC3)CC2)nc1. The van der Waals surface area contributed by atoms with Crippen LogP contribution in [-0.4, -0.2) is 60.1 Å². The van der Waals surface area contributed by atoms with E-state index in [1.165, 1.54) is 56.9 Å². The lowest BCUT2D eigenvalue weighted by atomic mass is 10.2. The number of rotatable bonds is 3. The minimum absolute atomic E-state index is 0.777. The molecule has 0 saturated carbocycles. The van der Waals surface area contributed by atoms with E-state index < -0.39 is 0 Å². The maximum Gasteiger partial charge on any atom is 0.0544 e. The van der Waals surface area contributed by atoms with Crippen molar-refractivity contribution in [2.75, 3.05) is 39.3 Å². The second kappa shape index (κ2) is 5.99. The zero-order chi connectivity index (χ0) is 13.1. The van der Waals surface area contributed by atoms with Gasteiger partial charge in [-0.3, -0.25) is 14.8 Å². The van der Waals surface area contributed by atoms with Gasteiger partial charge in [0.15, 0.2) is 0 Å². The Kier molecular flexibility index (Phi) is 4.11. The van der Waals surface area contributed by atoms with E-state index in [0.717, 1.165) is 12.6 Å². The van der Waals surface area contributed by atoms with Crippen LogP contribution in [0.25, 0.3) is 0 Å². The summed E-state index contributed by atoms with van der Waals surface area (Å²) in [5, 5.41) is 3.46. The summed E-state index contributed by atoms with van der Waals surface area (Å²) in [7, 11) is 0. The lowest BCUT2D eigenvalue weighted by Crippen LogP contribution is -2.50. The van der Waals surface area contributed by atoms with Gasteiger partial charge < -0.3 is 5.32 Å². The lowest BCUT2D eigenvalue weighted by Gasteiger charge is -2.37. The third kappa shape index (κ3) is 3.32. The van der Waals surface area contributed by atoms with Gasteiger partial charge >= 0.3 is 0 Å². The first-order chi connectivity index (χ1) is 9.31. The summed E-state index contributed by atoms with van der Waals surface area (Å²) in [5.41, 5.74) is 2.43. The fraction of sp³-hybridized carbons (Fsp3) is 0.667. The Hall–Kier alpha value is -0.970. The number of pyridine rings is 1. The van der Waals surface area contributed by atoms with Crippen molar-refractivity contribution >= 4 is 0 Å². The van der Waals surface area contributed by atoms with Gasteiger partial charge in [-0.1, -0.05) is 6.07 Å². The molecule has 4 heteroatoms. The second-order valence-electron chi connectivity index (χ2n) is 5.79. The maximum absolute atomic E-state index is 4.50. The van der Waals surface area contributed by atoms with Crippen molar-refractivity contribution in [1.82, 2.24) is 20.1 Å². The molecule has 104 valence electrons. The number of aryl methyl sites for hydroxylation is 1. The largest absolute Gasteiger partial charge is 0.315 e. The third-order valence-corrected chi connectivity index (χ3v) is 4.32. The van der Waals surface area contributed by atoms with Crippen LogP contribution >= 0.6 is 0 Å². The number of piperazine rings is 1. The van der Waals surface area contributed by atoms with E-state index in [9.17, 15) is 0 Å². The van der Waals surface area contributed by atoms with Crippen molar-refractivity contribution in [2.45, 2.75) is 25.9 Å². The molecule has 0 radical (unpaired) electrons. The summed E-state index contributed by atoms with van der Waals surface area (Å²) in [5.74, 6) is 0. The lowest BCUT2D eigenvalue weighted by molar-refractivity contribution is 0.0973. The second-order valence-corrected chi connectivity index (χ2v) is 5.79. The van der Waals surface area contributed by atoms with E-state index in [-0.39, 0.29) is 0 Å². The van der Waals surface area contributed by atoms with Gasteiger partial charge in [0.05, 0.1) is 5.69 Å². The number of hydrogen-bond donors (Lipinski definition) is 1. The quantitative estimate of drug-likeness (QED) is 0.874. The number of nitrogens with one attached hydrogen (secondary N) is 1. The van der Waals surface area contributed by atoms with Crippen molar-refractivity contribution in [2.24, 2.45) is 0 Å². The molecule has 0 bridgehead atoms. The number of aromatic nitrogens is 1. The van der Waals surface area contributed by atoms with E-state index in [0.29, 0.717) is 0 Å². The van der Waals surface area contributed by atoms with Gasteiger partial charge in [-0.05, 0) is 31.5 Å². The molecule has 0 spiro atoms.